The van der Waals surface area contributed by atoms with E-state index in [1.807, 2.05) is 13.0 Å². The molecule has 0 aliphatic rings. The lowest BCUT2D eigenvalue weighted by Crippen LogP contribution is -2.26. The van der Waals surface area contributed by atoms with E-state index < -0.39 is 0 Å². The topological polar surface area (TPSA) is 61.4 Å². The first-order valence-corrected chi connectivity index (χ1v) is 7.58. The van der Waals surface area contributed by atoms with Crippen molar-refractivity contribution in [1.29, 1.82) is 0 Å². The number of aliphatic hydroxyl groups excluding tert-OH is 1. The third-order valence-corrected chi connectivity index (χ3v) is 3.39. The second-order valence-corrected chi connectivity index (χ2v) is 5.44. The van der Waals surface area contributed by atoms with Crippen molar-refractivity contribution in [2.75, 3.05) is 18.5 Å². The van der Waals surface area contributed by atoms with Gasteiger partial charge >= 0.3 is 0 Å². The molecule has 4 nitrogen and oxygen atoms in total. The Morgan fingerprint density at radius 3 is 2.65 bits per heavy atom. The van der Waals surface area contributed by atoms with E-state index in [2.05, 4.69) is 10.6 Å². The van der Waals surface area contributed by atoms with E-state index in [1.54, 1.807) is 30.3 Å². The molecule has 2 aromatic rings. The van der Waals surface area contributed by atoms with Crippen LogP contribution >= 0.6 is 0 Å². The minimum Gasteiger partial charge on any atom is -0.395 e. The summed E-state index contributed by atoms with van der Waals surface area (Å²) in [6, 6.07) is 13.8. The number of rotatable bonds is 7. The molecule has 5 heteroatoms. The number of carbonyl (C=O) groups is 1. The van der Waals surface area contributed by atoms with Crippen molar-refractivity contribution < 1.29 is 14.3 Å². The van der Waals surface area contributed by atoms with Crippen molar-refractivity contribution in [3.8, 4) is 0 Å². The lowest BCUT2D eigenvalue weighted by molar-refractivity contribution is 0.0945. The van der Waals surface area contributed by atoms with Gasteiger partial charge in [-0.25, -0.2) is 4.39 Å². The fraction of sp³-hybridized carbons (Fsp3) is 0.278. The second-order valence-electron chi connectivity index (χ2n) is 5.44. The van der Waals surface area contributed by atoms with Gasteiger partial charge in [-0.2, -0.15) is 0 Å². The molecule has 23 heavy (non-hydrogen) atoms. The molecule has 122 valence electrons. The maximum atomic E-state index is 12.9. The van der Waals surface area contributed by atoms with E-state index in [-0.39, 0.29) is 30.9 Å². The maximum absolute atomic E-state index is 12.9. The molecule has 0 heterocycles. The Labute approximate surface area is 135 Å². The van der Waals surface area contributed by atoms with Gasteiger partial charge in [0.2, 0.25) is 0 Å². The molecule has 0 aromatic heterocycles. The lowest BCUT2D eigenvalue weighted by atomic mass is 10.1. The zero-order valence-electron chi connectivity index (χ0n) is 13.1. The van der Waals surface area contributed by atoms with Gasteiger partial charge in [0, 0.05) is 23.8 Å². The standard InChI is InChI=1S/C18H21FN2O2/c1-13(11-14-5-7-16(19)8-6-14)21-17-4-2-3-15(12-17)18(23)20-9-10-22/h2-8,12-13,21-22H,9-11H2,1H3,(H,20,23). The van der Waals surface area contributed by atoms with E-state index in [4.69, 9.17) is 5.11 Å². The van der Waals surface area contributed by atoms with Crippen LogP contribution in [-0.4, -0.2) is 30.2 Å². The largest absolute Gasteiger partial charge is 0.395 e. The third-order valence-electron chi connectivity index (χ3n) is 3.39. The minimum absolute atomic E-state index is 0.0849. The average molecular weight is 316 g/mol. The number of benzene rings is 2. The Bertz CT molecular complexity index is 644. The van der Waals surface area contributed by atoms with Gasteiger partial charge in [0.25, 0.3) is 5.91 Å². The fourth-order valence-electron chi connectivity index (χ4n) is 2.33. The number of halogens is 1. The number of hydrogen-bond acceptors (Lipinski definition) is 3. The minimum atomic E-state index is -0.240. The molecule has 0 saturated heterocycles. The van der Waals surface area contributed by atoms with Crippen molar-refractivity contribution >= 4 is 11.6 Å². The van der Waals surface area contributed by atoms with E-state index >= 15 is 0 Å². The molecule has 0 aliphatic heterocycles. The summed E-state index contributed by atoms with van der Waals surface area (Å²) in [4.78, 5) is 11.9. The van der Waals surface area contributed by atoms with Gasteiger partial charge in [-0.1, -0.05) is 18.2 Å². The normalized spacial score (nSPS) is 11.8. The molecule has 3 N–H and O–H groups in total. The molecule has 0 fully saturated rings. The monoisotopic (exact) mass is 316 g/mol. The highest BCUT2D eigenvalue weighted by atomic mass is 19.1. The first-order valence-electron chi connectivity index (χ1n) is 7.58. The van der Waals surface area contributed by atoms with Crippen LogP contribution in [0.5, 0.6) is 0 Å². The van der Waals surface area contributed by atoms with E-state index in [0.29, 0.717) is 5.56 Å². The summed E-state index contributed by atoms with van der Waals surface area (Å²) in [5, 5.41) is 14.7. The molecule has 0 saturated carbocycles. The van der Waals surface area contributed by atoms with E-state index in [1.165, 1.54) is 12.1 Å². The van der Waals surface area contributed by atoms with Crippen molar-refractivity contribution in [1.82, 2.24) is 5.32 Å². The van der Waals surface area contributed by atoms with Crippen molar-refractivity contribution in [2.45, 2.75) is 19.4 Å². The number of aliphatic hydroxyl groups is 1. The first-order chi connectivity index (χ1) is 11.1. The molecule has 1 unspecified atom stereocenters. The summed E-state index contributed by atoms with van der Waals surface area (Å²) >= 11 is 0. The first kappa shape index (κ1) is 17.0. The Balaban J connectivity index is 1.96. The molecule has 0 aliphatic carbocycles. The van der Waals surface area contributed by atoms with Gasteiger partial charge < -0.3 is 15.7 Å². The van der Waals surface area contributed by atoms with E-state index in [9.17, 15) is 9.18 Å². The number of hydrogen-bond donors (Lipinski definition) is 3. The average Bonchev–Trinajstić information content (AvgIpc) is 2.55. The van der Waals surface area contributed by atoms with Gasteiger partial charge in [0.15, 0.2) is 0 Å². The van der Waals surface area contributed by atoms with Crippen LogP contribution in [0.3, 0.4) is 0 Å². The molecule has 1 atom stereocenters. The summed E-state index contributed by atoms with van der Waals surface area (Å²) < 4.78 is 12.9. The highest BCUT2D eigenvalue weighted by Crippen LogP contribution is 2.14. The van der Waals surface area contributed by atoms with Crippen molar-refractivity contribution in [3.63, 3.8) is 0 Å². The third kappa shape index (κ3) is 5.38. The highest BCUT2D eigenvalue weighted by molar-refractivity contribution is 5.95. The van der Waals surface area contributed by atoms with Crippen LogP contribution in [0.4, 0.5) is 10.1 Å². The predicted octanol–water partition coefficient (Wildman–Crippen LogP) is 2.59. The molecule has 0 radical (unpaired) electrons. The van der Waals surface area contributed by atoms with Crippen LogP contribution in [0.1, 0.15) is 22.8 Å². The van der Waals surface area contributed by atoms with Crippen LogP contribution in [-0.2, 0) is 6.42 Å². The highest BCUT2D eigenvalue weighted by Gasteiger charge is 2.08. The maximum Gasteiger partial charge on any atom is 0.251 e. The van der Waals surface area contributed by atoms with Gasteiger partial charge in [0.1, 0.15) is 5.82 Å². The smallest absolute Gasteiger partial charge is 0.251 e. The van der Waals surface area contributed by atoms with Crippen LogP contribution < -0.4 is 10.6 Å². The second kappa shape index (κ2) is 8.29. The fourth-order valence-corrected chi connectivity index (χ4v) is 2.33. The van der Waals surface area contributed by atoms with Crippen LogP contribution in [0.15, 0.2) is 48.5 Å². The van der Waals surface area contributed by atoms with Gasteiger partial charge in [0.05, 0.1) is 6.61 Å². The summed E-state index contributed by atoms with van der Waals surface area (Å²) in [6.07, 6.45) is 0.751. The summed E-state index contributed by atoms with van der Waals surface area (Å²) in [5.74, 6) is -0.454. The molecule has 0 spiro atoms. The Kier molecular flexibility index (Phi) is 6.11. The van der Waals surface area contributed by atoms with Crippen LogP contribution in [0.2, 0.25) is 0 Å². The van der Waals surface area contributed by atoms with Crippen LogP contribution in [0.25, 0.3) is 0 Å². The summed E-state index contributed by atoms with van der Waals surface area (Å²) in [6.45, 7) is 2.18. The molecule has 2 rings (SSSR count). The Morgan fingerprint density at radius 2 is 1.96 bits per heavy atom. The SMILES string of the molecule is CC(Cc1ccc(F)cc1)Nc1cccc(C(=O)NCCO)c1. The van der Waals surface area contributed by atoms with Crippen LogP contribution in [0, 0.1) is 5.82 Å². The molecular weight excluding hydrogens is 295 g/mol. The number of nitrogens with one attached hydrogen (secondary N) is 2. The zero-order chi connectivity index (χ0) is 16.7. The van der Waals surface area contributed by atoms with Gasteiger partial charge in [-0.3, -0.25) is 4.79 Å². The summed E-state index contributed by atoms with van der Waals surface area (Å²) in [7, 11) is 0. The van der Waals surface area contributed by atoms with Gasteiger partial charge in [-0.15, -0.1) is 0 Å². The van der Waals surface area contributed by atoms with E-state index in [0.717, 1.165) is 17.7 Å². The molecule has 0 bridgehead atoms. The molecule has 1 amide bonds. The van der Waals surface area contributed by atoms with Crippen molar-refractivity contribution in [2.24, 2.45) is 0 Å². The zero-order valence-corrected chi connectivity index (χ0v) is 13.1. The number of amides is 1. The quantitative estimate of drug-likeness (QED) is 0.736. The molecule has 2 aromatic carbocycles. The predicted molar refractivity (Wildman–Crippen MR) is 89.0 cm³/mol. The molecular formula is C18H21FN2O2. The van der Waals surface area contributed by atoms with Gasteiger partial charge in [-0.05, 0) is 49.2 Å². The number of anilines is 1. The number of carbonyl (C=O) groups excluding carboxylic acids is 1. The Morgan fingerprint density at radius 1 is 1.22 bits per heavy atom. The van der Waals surface area contributed by atoms with Crippen molar-refractivity contribution in [3.05, 3.63) is 65.5 Å². The Hall–Kier alpha value is -2.40. The summed E-state index contributed by atoms with van der Waals surface area (Å²) in [5.41, 5.74) is 2.43. The lowest BCUT2D eigenvalue weighted by Gasteiger charge is -2.16.